The van der Waals surface area contributed by atoms with E-state index in [2.05, 4.69) is 0 Å². The lowest BCUT2D eigenvalue weighted by Gasteiger charge is -2.42. The van der Waals surface area contributed by atoms with E-state index in [1.165, 1.54) is 4.90 Å². The van der Waals surface area contributed by atoms with E-state index in [-0.39, 0.29) is 5.54 Å². The van der Waals surface area contributed by atoms with Gasteiger partial charge in [0.1, 0.15) is 0 Å². The second kappa shape index (κ2) is 3.48. The van der Waals surface area contributed by atoms with Gasteiger partial charge in [0.2, 0.25) is 0 Å². The van der Waals surface area contributed by atoms with Crippen LogP contribution in [0.3, 0.4) is 0 Å². The Labute approximate surface area is 76.9 Å². The van der Waals surface area contributed by atoms with Crippen molar-refractivity contribution in [2.24, 2.45) is 0 Å². The third-order valence-corrected chi connectivity index (χ3v) is 2.69. The molecule has 78 valence electrons. The van der Waals surface area contributed by atoms with Crippen LogP contribution in [0, 0.1) is 0 Å². The smallest absolute Gasteiger partial charge is 0.290 e. The van der Waals surface area contributed by atoms with E-state index < -0.39 is 12.7 Å². The molecule has 1 saturated heterocycles. The Hall–Kier alpha value is -0.250. The summed E-state index contributed by atoms with van der Waals surface area (Å²) < 4.78 is 36.4. The number of halogens is 3. The van der Waals surface area contributed by atoms with E-state index in [0.29, 0.717) is 6.54 Å². The zero-order valence-electron chi connectivity index (χ0n) is 8.12. The van der Waals surface area contributed by atoms with Crippen LogP contribution in [-0.2, 0) is 0 Å². The van der Waals surface area contributed by atoms with Crippen LogP contribution in [0.15, 0.2) is 0 Å². The number of alkyl halides is 3. The predicted octanol–water partition coefficient (Wildman–Crippen LogP) is 2.81. The van der Waals surface area contributed by atoms with Crippen molar-refractivity contribution >= 4 is 0 Å². The van der Waals surface area contributed by atoms with Gasteiger partial charge in [0.25, 0.3) is 0 Å². The number of likely N-dealkylation sites (tertiary alicyclic amines) is 1. The van der Waals surface area contributed by atoms with Crippen LogP contribution in [0.25, 0.3) is 0 Å². The lowest BCUT2D eigenvalue weighted by molar-refractivity contribution is -0.161. The Morgan fingerprint density at radius 3 is 2.31 bits per heavy atom. The monoisotopic (exact) mass is 195 g/mol. The molecule has 0 N–H and O–H groups in total. The molecule has 0 amide bonds. The van der Waals surface area contributed by atoms with Gasteiger partial charge in [-0.1, -0.05) is 6.42 Å². The van der Waals surface area contributed by atoms with Crippen LogP contribution >= 0.6 is 0 Å². The van der Waals surface area contributed by atoms with Gasteiger partial charge >= 0.3 is 6.18 Å². The van der Waals surface area contributed by atoms with Crippen molar-refractivity contribution in [2.45, 2.75) is 44.8 Å². The molecule has 1 aliphatic rings. The minimum Gasteiger partial charge on any atom is -0.290 e. The number of nitrogens with zero attached hydrogens (tertiary/aromatic N) is 1. The largest absolute Gasteiger partial charge is 0.401 e. The third-order valence-electron chi connectivity index (χ3n) is 2.69. The van der Waals surface area contributed by atoms with Gasteiger partial charge in [-0.05, 0) is 33.2 Å². The highest BCUT2D eigenvalue weighted by molar-refractivity contribution is 4.86. The first kappa shape index (κ1) is 10.8. The number of piperidine rings is 1. The molecule has 13 heavy (non-hydrogen) atoms. The molecule has 0 aliphatic carbocycles. The predicted molar refractivity (Wildman–Crippen MR) is 45.6 cm³/mol. The second-order valence-corrected chi connectivity index (χ2v) is 4.31. The molecule has 0 spiro atoms. The molecule has 0 saturated carbocycles. The van der Waals surface area contributed by atoms with Crippen LogP contribution in [0.1, 0.15) is 33.1 Å². The van der Waals surface area contributed by atoms with Gasteiger partial charge in [-0.3, -0.25) is 4.90 Å². The average molecular weight is 195 g/mol. The molecular formula is C9H16F3N. The second-order valence-electron chi connectivity index (χ2n) is 4.31. The van der Waals surface area contributed by atoms with Crippen LogP contribution in [0.4, 0.5) is 13.2 Å². The van der Waals surface area contributed by atoms with E-state index in [1.807, 2.05) is 13.8 Å². The van der Waals surface area contributed by atoms with Crippen molar-refractivity contribution in [3.8, 4) is 0 Å². The molecule has 0 aromatic rings. The quantitative estimate of drug-likeness (QED) is 0.622. The number of hydrogen-bond donors (Lipinski definition) is 0. The summed E-state index contributed by atoms with van der Waals surface area (Å²) in [5, 5.41) is 0. The topological polar surface area (TPSA) is 3.24 Å². The Balaban J connectivity index is 2.56. The van der Waals surface area contributed by atoms with Crippen LogP contribution in [0.2, 0.25) is 0 Å². The minimum atomic E-state index is -4.06. The third kappa shape index (κ3) is 3.18. The maximum absolute atomic E-state index is 12.1. The van der Waals surface area contributed by atoms with Gasteiger partial charge in [0, 0.05) is 5.54 Å². The SMILES string of the molecule is CC1(C)CCCCN1CC(F)(F)F. The van der Waals surface area contributed by atoms with E-state index in [9.17, 15) is 13.2 Å². The molecule has 0 aromatic heterocycles. The van der Waals surface area contributed by atoms with Crippen molar-refractivity contribution in [1.82, 2.24) is 4.90 Å². The molecule has 0 bridgehead atoms. The Kier molecular flexibility index (Phi) is 2.90. The van der Waals surface area contributed by atoms with E-state index in [4.69, 9.17) is 0 Å². The van der Waals surface area contributed by atoms with Gasteiger partial charge < -0.3 is 0 Å². The van der Waals surface area contributed by atoms with Crippen LogP contribution in [-0.4, -0.2) is 29.7 Å². The first-order valence-electron chi connectivity index (χ1n) is 4.63. The highest BCUT2D eigenvalue weighted by Crippen LogP contribution is 2.30. The Morgan fingerprint density at radius 2 is 1.85 bits per heavy atom. The molecule has 0 unspecified atom stereocenters. The summed E-state index contributed by atoms with van der Waals surface area (Å²) in [6.45, 7) is 3.59. The highest BCUT2D eigenvalue weighted by atomic mass is 19.4. The Morgan fingerprint density at radius 1 is 1.23 bits per heavy atom. The van der Waals surface area contributed by atoms with Crippen molar-refractivity contribution in [3.63, 3.8) is 0 Å². The van der Waals surface area contributed by atoms with Crippen LogP contribution < -0.4 is 0 Å². The van der Waals surface area contributed by atoms with Crippen molar-refractivity contribution in [2.75, 3.05) is 13.1 Å². The summed E-state index contributed by atoms with van der Waals surface area (Å²) in [7, 11) is 0. The zero-order chi connectivity index (χ0) is 10.1. The van der Waals surface area contributed by atoms with Gasteiger partial charge in [0.05, 0.1) is 6.54 Å². The Bertz CT molecular complexity index is 174. The fourth-order valence-corrected chi connectivity index (χ4v) is 1.83. The first-order chi connectivity index (χ1) is 5.81. The molecule has 1 rings (SSSR count). The van der Waals surface area contributed by atoms with Crippen molar-refractivity contribution in [1.29, 1.82) is 0 Å². The molecule has 1 nitrogen and oxygen atoms in total. The van der Waals surface area contributed by atoms with E-state index in [1.54, 1.807) is 0 Å². The first-order valence-corrected chi connectivity index (χ1v) is 4.63. The van der Waals surface area contributed by atoms with Crippen molar-refractivity contribution in [3.05, 3.63) is 0 Å². The summed E-state index contributed by atoms with van der Waals surface area (Å²) in [6.07, 6.45) is -1.27. The molecule has 0 atom stereocenters. The molecule has 0 aromatic carbocycles. The summed E-state index contributed by atoms with van der Waals surface area (Å²) in [6, 6.07) is 0. The normalized spacial score (nSPS) is 24.7. The summed E-state index contributed by atoms with van der Waals surface area (Å²) in [4.78, 5) is 1.54. The zero-order valence-corrected chi connectivity index (χ0v) is 8.12. The summed E-state index contributed by atoms with van der Waals surface area (Å²) >= 11 is 0. The molecule has 0 radical (unpaired) electrons. The molecule has 1 aliphatic heterocycles. The van der Waals surface area contributed by atoms with Gasteiger partial charge in [-0.25, -0.2) is 0 Å². The van der Waals surface area contributed by atoms with Gasteiger partial charge in [0.15, 0.2) is 0 Å². The molecule has 1 fully saturated rings. The molecule has 1 heterocycles. The maximum Gasteiger partial charge on any atom is 0.401 e. The number of rotatable bonds is 1. The average Bonchev–Trinajstić information content (AvgIpc) is 1.91. The van der Waals surface area contributed by atoms with Gasteiger partial charge in [-0.2, -0.15) is 13.2 Å². The standard InChI is InChI=1S/C9H16F3N/c1-8(2)5-3-4-6-13(8)7-9(10,11)12/h3-7H2,1-2H3. The summed E-state index contributed by atoms with van der Waals surface area (Å²) in [5.41, 5.74) is -0.284. The van der Waals surface area contributed by atoms with E-state index >= 15 is 0 Å². The fourth-order valence-electron chi connectivity index (χ4n) is 1.83. The van der Waals surface area contributed by atoms with Crippen molar-refractivity contribution < 1.29 is 13.2 Å². The highest BCUT2D eigenvalue weighted by Gasteiger charge is 2.38. The fraction of sp³-hybridized carbons (Fsp3) is 1.00. The van der Waals surface area contributed by atoms with E-state index in [0.717, 1.165) is 19.3 Å². The maximum atomic E-state index is 12.1. The van der Waals surface area contributed by atoms with Gasteiger partial charge in [-0.15, -0.1) is 0 Å². The molecular weight excluding hydrogens is 179 g/mol. The lowest BCUT2D eigenvalue weighted by atomic mass is 9.90. The van der Waals surface area contributed by atoms with Crippen LogP contribution in [0.5, 0.6) is 0 Å². The minimum absolute atomic E-state index is 0.284. The number of hydrogen-bond acceptors (Lipinski definition) is 1. The lowest BCUT2D eigenvalue weighted by Crippen LogP contribution is -2.51. The molecule has 4 heteroatoms. The summed E-state index contributed by atoms with van der Waals surface area (Å²) in [5.74, 6) is 0.